The molecule has 0 unspecified atom stereocenters. The highest BCUT2D eigenvalue weighted by molar-refractivity contribution is 6.35. The molecule has 3 rings (SSSR count). The first-order valence-corrected chi connectivity index (χ1v) is 8.04. The van der Waals surface area contributed by atoms with Crippen LogP contribution in [0.4, 0.5) is 5.69 Å². The van der Waals surface area contributed by atoms with Gasteiger partial charge in [0.1, 0.15) is 12.1 Å². The van der Waals surface area contributed by atoms with Crippen molar-refractivity contribution >= 4 is 34.8 Å². The number of carbonyl (C=O) groups excluding carboxylic acids is 1. The van der Waals surface area contributed by atoms with Gasteiger partial charge in [0, 0.05) is 21.8 Å². The quantitative estimate of drug-likeness (QED) is 0.736. The first-order valence-electron chi connectivity index (χ1n) is 7.28. The molecule has 25 heavy (non-hydrogen) atoms. The monoisotopic (exact) mass is 377 g/mol. The van der Waals surface area contributed by atoms with Gasteiger partial charge in [0.2, 0.25) is 0 Å². The van der Waals surface area contributed by atoms with Crippen LogP contribution in [0.25, 0.3) is 5.69 Å². The fourth-order valence-electron chi connectivity index (χ4n) is 2.11. The highest BCUT2D eigenvalue weighted by atomic mass is 35.5. The number of anilines is 1. The molecular weight excluding hydrogens is 365 g/mol. The smallest absolute Gasteiger partial charge is 0.265 e. The van der Waals surface area contributed by atoms with Crippen LogP contribution in [0.15, 0.2) is 48.8 Å². The van der Waals surface area contributed by atoms with Gasteiger partial charge < -0.3 is 10.1 Å². The molecule has 9 heteroatoms. The third kappa shape index (κ3) is 4.46. The summed E-state index contributed by atoms with van der Waals surface area (Å²) in [6.07, 6.45) is 0.736. The van der Waals surface area contributed by atoms with Crippen LogP contribution in [0.2, 0.25) is 10.0 Å². The number of benzene rings is 2. The summed E-state index contributed by atoms with van der Waals surface area (Å²) < 4.78 is 7.18. The number of tetrazole rings is 1. The lowest BCUT2D eigenvalue weighted by Gasteiger charge is -2.15. The van der Waals surface area contributed by atoms with Crippen molar-refractivity contribution in [1.29, 1.82) is 0 Å². The van der Waals surface area contributed by atoms with Gasteiger partial charge in [-0.05, 0) is 47.7 Å². The van der Waals surface area contributed by atoms with E-state index >= 15 is 0 Å². The third-order valence-electron chi connectivity index (χ3n) is 3.24. The normalized spacial score (nSPS) is 11.8. The Morgan fingerprint density at radius 1 is 1.20 bits per heavy atom. The van der Waals surface area contributed by atoms with Gasteiger partial charge in [-0.15, -0.1) is 5.10 Å². The molecule has 0 fully saturated rings. The van der Waals surface area contributed by atoms with Crippen molar-refractivity contribution < 1.29 is 9.53 Å². The zero-order chi connectivity index (χ0) is 17.8. The van der Waals surface area contributed by atoms with Crippen LogP contribution in [0, 0.1) is 0 Å². The summed E-state index contributed by atoms with van der Waals surface area (Å²) in [6.45, 7) is 1.64. The molecule has 7 nitrogen and oxygen atoms in total. The van der Waals surface area contributed by atoms with E-state index in [4.69, 9.17) is 27.9 Å². The Hall–Kier alpha value is -2.64. The van der Waals surface area contributed by atoms with Crippen molar-refractivity contribution in [3.05, 3.63) is 58.8 Å². The largest absolute Gasteiger partial charge is 0.481 e. The molecule has 1 atom stereocenters. The molecule has 1 amide bonds. The van der Waals surface area contributed by atoms with E-state index in [2.05, 4.69) is 20.8 Å². The first kappa shape index (κ1) is 17.2. The topological polar surface area (TPSA) is 81.9 Å². The highest BCUT2D eigenvalue weighted by Gasteiger charge is 2.16. The summed E-state index contributed by atoms with van der Waals surface area (Å²) in [5, 5.41) is 14.6. The van der Waals surface area contributed by atoms with E-state index in [9.17, 15) is 4.79 Å². The summed E-state index contributed by atoms with van der Waals surface area (Å²) in [6, 6.07) is 11.9. The summed E-state index contributed by atoms with van der Waals surface area (Å²) in [7, 11) is 0. The molecule has 3 aromatic rings. The van der Waals surface area contributed by atoms with Crippen molar-refractivity contribution in [2.45, 2.75) is 13.0 Å². The fraction of sp³-hybridized carbons (Fsp3) is 0.125. The Morgan fingerprint density at radius 2 is 1.96 bits per heavy atom. The average molecular weight is 378 g/mol. The number of nitrogens with zero attached hydrogens (tertiary/aromatic N) is 4. The van der Waals surface area contributed by atoms with E-state index in [-0.39, 0.29) is 5.91 Å². The van der Waals surface area contributed by atoms with Crippen LogP contribution in [-0.4, -0.2) is 32.2 Å². The van der Waals surface area contributed by atoms with Gasteiger partial charge in [0.05, 0.1) is 5.69 Å². The molecule has 2 aromatic carbocycles. The zero-order valence-corrected chi connectivity index (χ0v) is 14.6. The van der Waals surface area contributed by atoms with Gasteiger partial charge in [-0.3, -0.25) is 4.79 Å². The minimum absolute atomic E-state index is 0.328. The van der Waals surface area contributed by atoms with E-state index in [0.29, 0.717) is 21.5 Å². The van der Waals surface area contributed by atoms with Crippen LogP contribution < -0.4 is 10.1 Å². The molecule has 0 bridgehead atoms. The van der Waals surface area contributed by atoms with E-state index in [0.717, 1.165) is 5.69 Å². The SMILES string of the molecule is C[C@@H](Oc1cccc(-n2cnnn2)c1)C(=O)Nc1cc(Cl)cc(Cl)c1. The van der Waals surface area contributed by atoms with Crippen molar-refractivity contribution in [2.75, 3.05) is 5.32 Å². The average Bonchev–Trinajstić information content (AvgIpc) is 3.08. The maximum Gasteiger partial charge on any atom is 0.265 e. The Labute approximate surface area is 153 Å². The number of amides is 1. The summed E-state index contributed by atoms with van der Waals surface area (Å²) in [4.78, 5) is 12.3. The Balaban J connectivity index is 1.68. The highest BCUT2D eigenvalue weighted by Crippen LogP contribution is 2.23. The summed E-state index contributed by atoms with van der Waals surface area (Å²) in [5.41, 5.74) is 1.22. The van der Waals surface area contributed by atoms with Crippen molar-refractivity contribution in [3.8, 4) is 11.4 Å². The molecule has 0 radical (unpaired) electrons. The minimum Gasteiger partial charge on any atom is -0.481 e. The predicted octanol–water partition coefficient (Wildman–Crippen LogP) is 3.38. The Kier molecular flexibility index (Phi) is 5.16. The van der Waals surface area contributed by atoms with Crippen molar-refractivity contribution in [3.63, 3.8) is 0 Å². The molecular formula is C16H13Cl2N5O2. The second kappa shape index (κ2) is 7.50. The number of carbonyl (C=O) groups is 1. The maximum atomic E-state index is 12.3. The number of nitrogens with one attached hydrogen (secondary N) is 1. The number of hydrogen-bond donors (Lipinski definition) is 1. The van der Waals surface area contributed by atoms with Crippen LogP contribution in [0.3, 0.4) is 0 Å². The van der Waals surface area contributed by atoms with Crippen LogP contribution >= 0.6 is 23.2 Å². The van der Waals surface area contributed by atoms with E-state index in [1.54, 1.807) is 43.3 Å². The fourth-order valence-corrected chi connectivity index (χ4v) is 2.63. The predicted molar refractivity (Wildman–Crippen MR) is 94.3 cm³/mol. The van der Waals surface area contributed by atoms with Gasteiger partial charge in [0.15, 0.2) is 6.10 Å². The van der Waals surface area contributed by atoms with Gasteiger partial charge in [-0.2, -0.15) is 0 Å². The van der Waals surface area contributed by atoms with Gasteiger partial charge in [-0.1, -0.05) is 29.3 Å². The summed E-state index contributed by atoms with van der Waals surface area (Å²) in [5.74, 6) is 0.186. The molecule has 1 N–H and O–H groups in total. The number of halogens is 2. The third-order valence-corrected chi connectivity index (χ3v) is 3.68. The lowest BCUT2D eigenvalue weighted by atomic mass is 10.2. The molecule has 0 aliphatic rings. The molecule has 0 saturated heterocycles. The second-order valence-electron chi connectivity index (χ2n) is 5.16. The maximum absolute atomic E-state index is 12.3. The van der Waals surface area contributed by atoms with Gasteiger partial charge >= 0.3 is 0 Å². The molecule has 1 heterocycles. The second-order valence-corrected chi connectivity index (χ2v) is 6.03. The molecule has 0 aliphatic heterocycles. The molecule has 128 valence electrons. The van der Waals surface area contributed by atoms with E-state index in [1.165, 1.54) is 11.0 Å². The molecule has 0 aliphatic carbocycles. The number of rotatable bonds is 5. The molecule has 1 aromatic heterocycles. The van der Waals surface area contributed by atoms with Crippen LogP contribution in [-0.2, 0) is 4.79 Å². The van der Waals surface area contributed by atoms with Crippen LogP contribution in [0.1, 0.15) is 6.92 Å². The first-order chi connectivity index (χ1) is 12.0. The van der Waals surface area contributed by atoms with Gasteiger partial charge in [0.25, 0.3) is 5.91 Å². The minimum atomic E-state index is -0.734. The van der Waals surface area contributed by atoms with E-state index < -0.39 is 6.10 Å². The van der Waals surface area contributed by atoms with Gasteiger partial charge in [-0.25, -0.2) is 4.68 Å². The van der Waals surface area contributed by atoms with Crippen LogP contribution in [0.5, 0.6) is 5.75 Å². The number of aromatic nitrogens is 4. The standard InChI is InChI=1S/C16H13Cl2N5O2/c1-10(16(24)20-13-6-11(17)5-12(18)7-13)25-15-4-2-3-14(8-15)23-9-19-21-22-23/h2-10H,1H3,(H,20,24)/t10-/m1/s1. The number of hydrogen-bond acceptors (Lipinski definition) is 5. The Bertz CT molecular complexity index is 866. The Morgan fingerprint density at radius 3 is 2.64 bits per heavy atom. The zero-order valence-electron chi connectivity index (χ0n) is 13.1. The molecule has 0 spiro atoms. The van der Waals surface area contributed by atoms with Crippen molar-refractivity contribution in [2.24, 2.45) is 0 Å². The summed E-state index contributed by atoms with van der Waals surface area (Å²) >= 11 is 11.8. The lowest BCUT2D eigenvalue weighted by Crippen LogP contribution is -2.30. The van der Waals surface area contributed by atoms with Crippen molar-refractivity contribution in [1.82, 2.24) is 20.2 Å². The van der Waals surface area contributed by atoms with E-state index in [1.807, 2.05) is 6.07 Å². The number of ether oxygens (including phenoxy) is 1. The lowest BCUT2D eigenvalue weighted by molar-refractivity contribution is -0.122. The molecule has 0 saturated carbocycles.